The van der Waals surface area contributed by atoms with Crippen molar-refractivity contribution in [1.82, 2.24) is 20.0 Å². The normalized spacial score (nSPS) is 30.5. The van der Waals surface area contributed by atoms with Crippen molar-refractivity contribution in [2.75, 3.05) is 6.54 Å². The molecule has 8 nitrogen and oxygen atoms in total. The van der Waals surface area contributed by atoms with E-state index < -0.39 is 22.9 Å². The van der Waals surface area contributed by atoms with Crippen molar-refractivity contribution in [3.8, 4) is 11.3 Å². The number of rotatable bonds is 3. The van der Waals surface area contributed by atoms with Gasteiger partial charge in [-0.15, -0.1) is 0 Å². The summed E-state index contributed by atoms with van der Waals surface area (Å²) in [7, 11) is 0. The van der Waals surface area contributed by atoms with Gasteiger partial charge in [0, 0.05) is 17.6 Å². The fourth-order valence-corrected chi connectivity index (χ4v) is 6.76. The Morgan fingerprint density at radius 1 is 1.26 bits per heavy atom. The molecule has 3 amide bonds. The van der Waals surface area contributed by atoms with Gasteiger partial charge in [0.25, 0.3) is 5.91 Å². The van der Waals surface area contributed by atoms with Gasteiger partial charge in [-0.05, 0) is 63.0 Å². The number of aliphatic hydroxyl groups is 1. The smallest absolute Gasteiger partial charge is 0.318 e. The Labute approximate surface area is 198 Å². The Bertz CT molecular complexity index is 1150. The summed E-state index contributed by atoms with van der Waals surface area (Å²) in [6, 6.07) is 5.65. The molecule has 34 heavy (non-hydrogen) atoms. The van der Waals surface area contributed by atoms with Crippen molar-refractivity contribution in [1.29, 1.82) is 0 Å². The van der Waals surface area contributed by atoms with Crippen molar-refractivity contribution in [3.05, 3.63) is 41.3 Å². The molecule has 4 atom stereocenters. The molecular formula is C25H32FN5O3. The lowest BCUT2D eigenvalue weighted by molar-refractivity contribution is -0.0912. The fourth-order valence-electron chi connectivity index (χ4n) is 6.76. The van der Waals surface area contributed by atoms with E-state index in [1.807, 2.05) is 6.92 Å². The first kappa shape index (κ1) is 22.8. The molecule has 1 aliphatic heterocycles. The minimum Gasteiger partial charge on any atom is -0.390 e. The Hall–Kier alpha value is -2.94. The number of hydrogen-bond donors (Lipinski definition) is 3. The topological polar surface area (TPSA) is 113 Å². The van der Waals surface area contributed by atoms with Crippen LogP contribution in [0.4, 0.5) is 9.18 Å². The number of nitrogens with two attached hydrogens (primary N) is 1. The van der Waals surface area contributed by atoms with Crippen LogP contribution in [0.1, 0.15) is 62.0 Å². The first-order valence-electron chi connectivity index (χ1n) is 12.0. The predicted octanol–water partition coefficient (Wildman–Crippen LogP) is 3.03. The molecule has 182 valence electrons. The van der Waals surface area contributed by atoms with Crippen LogP contribution >= 0.6 is 0 Å². The maximum atomic E-state index is 13.8. The van der Waals surface area contributed by atoms with E-state index in [1.54, 1.807) is 21.7 Å². The molecule has 0 saturated heterocycles. The van der Waals surface area contributed by atoms with Gasteiger partial charge >= 0.3 is 6.03 Å². The van der Waals surface area contributed by atoms with Gasteiger partial charge in [0.15, 0.2) is 0 Å². The second kappa shape index (κ2) is 8.08. The summed E-state index contributed by atoms with van der Waals surface area (Å²) in [5.74, 6) is -0.204. The molecule has 1 aromatic heterocycles. The first-order valence-corrected chi connectivity index (χ1v) is 12.0. The molecule has 4 N–H and O–H groups in total. The molecule has 2 bridgehead atoms. The highest BCUT2D eigenvalue weighted by Gasteiger charge is 2.49. The SMILES string of the molecule is CC1CC2CC(O)(C1)CC(C)(NC(=O)N1CCn3nc(-c4cccc(F)c4)c(C(N)=O)c3C1)C2. The third-order valence-electron chi connectivity index (χ3n) is 7.61. The molecule has 2 aromatic rings. The van der Waals surface area contributed by atoms with Gasteiger partial charge in [0.2, 0.25) is 0 Å². The summed E-state index contributed by atoms with van der Waals surface area (Å²) in [6.45, 7) is 5.20. The van der Waals surface area contributed by atoms with E-state index in [1.165, 1.54) is 12.1 Å². The summed E-state index contributed by atoms with van der Waals surface area (Å²) in [6.07, 6.45) is 4.02. The second-order valence-corrected chi connectivity index (χ2v) is 10.9. The fraction of sp³-hybridized carbons (Fsp3) is 0.560. The number of nitrogens with zero attached hydrogens (tertiary/aromatic N) is 3. The molecular weight excluding hydrogens is 437 g/mol. The van der Waals surface area contributed by atoms with Crippen LogP contribution in [0.25, 0.3) is 11.3 Å². The van der Waals surface area contributed by atoms with E-state index in [2.05, 4.69) is 17.3 Å². The summed E-state index contributed by atoms with van der Waals surface area (Å²) >= 11 is 0. The molecule has 2 heterocycles. The monoisotopic (exact) mass is 469 g/mol. The molecule has 2 saturated carbocycles. The summed E-state index contributed by atoms with van der Waals surface area (Å²) in [5, 5.41) is 18.8. The third-order valence-corrected chi connectivity index (χ3v) is 7.61. The van der Waals surface area contributed by atoms with Gasteiger partial charge < -0.3 is 21.1 Å². The number of primary amides is 1. The lowest BCUT2D eigenvalue weighted by Crippen LogP contribution is -2.60. The lowest BCUT2D eigenvalue weighted by Gasteiger charge is -2.52. The van der Waals surface area contributed by atoms with Gasteiger partial charge in [-0.3, -0.25) is 9.48 Å². The zero-order chi connectivity index (χ0) is 24.3. The summed E-state index contributed by atoms with van der Waals surface area (Å²) in [4.78, 5) is 27.3. The second-order valence-electron chi connectivity index (χ2n) is 10.9. The number of halogens is 1. The maximum absolute atomic E-state index is 13.8. The zero-order valence-corrected chi connectivity index (χ0v) is 19.7. The van der Waals surface area contributed by atoms with Crippen LogP contribution in [-0.4, -0.2) is 49.4 Å². The van der Waals surface area contributed by atoms with Gasteiger partial charge in [-0.2, -0.15) is 5.10 Å². The van der Waals surface area contributed by atoms with Crippen molar-refractivity contribution in [2.24, 2.45) is 17.6 Å². The highest BCUT2D eigenvalue weighted by Crippen LogP contribution is 2.48. The number of carbonyl (C=O) groups excluding carboxylic acids is 2. The summed E-state index contributed by atoms with van der Waals surface area (Å²) in [5.41, 5.74) is 6.02. The Kier molecular flexibility index (Phi) is 5.42. The molecule has 3 aliphatic rings. The molecule has 2 fully saturated rings. The minimum atomic E-state index is -0.734. The number of nitrogens with one attached hydrogen (secondary N) is 1. The molecule has 0 spiro atoms. The van der Waals surface area contributed by atoms with E-state index in [0.29, 0.717) is 48.3 Å². The third kappa shape index (κ3) is 4.17. The average Bonchev–Trinajstić information content (AvgIpc) is 3.10. The van der Waals surface area contributed by atoms with Crippen LogP contribution < -0.4 is 11.1 Å². The summed E-state index contributed by atoms with van der Waals surface area (Å²) < 4.78 is 15.5. The van der Waals surface area contributed by atoms with E-state index >= 15 is 0 Å². The van der Waals surface area contributed by atoms with Crippen LogP contribution in [0.5, 0.6) is 0 Å². The van der Waals surface area contributed by atoms with Crippen LogP contribution in [0.2, 0.25) is 0 Å². The van der Waals surface area contributed by atoms with Crippen LogP contribution in [0.15, 0.2) is 24.3 Å². The van der Waals surface area contributed by atoms with E-state index in [-0.39, 0.29) is 18.1 Å². The predicted molar refractivity (Wildman–Crippen MR) is 124 cm³/mol. The van der Waals surface area contributed by atoms with Gasteiger partial charge in [-0.1, -0.05) is 19.1 Å². The van der Waals surface area contributed by atoms with Crippen LogP contribution in [-0.2, 0) is 13.1 Å². The van der Waals surface area contributed by atoms with Crippen molar-refractivity contribution < 1.29 is 19.1 Å². The highest BCUT2D eigenvalue weighted by atomic mass is 19.1. The quantitative estimate of drug-likeness (QED) is 0.641. The number of aromatic nitrogens is 2. The Morgan fingerprint density at radius 3 is 2.76 bits per heavy atom. The largest absolute Gasteiger partial charge is 0.390 e. The van der Waals surface area contributed by atoms with Crippen molar-refractivity contribution >= 4 is 11.9 Å². The number of amides is 3. The van der Waals surface area contributed by atoms with E-state index in [4.69, 9.17) is 5.73 Å². The number of carbonyl (C=O) groups is 2. The molecule has 1 aromatic carbocycles. The Morgan fingerprint density at radius 2 is 2.06 bits per heavy atom. The van der Waals surface area contributed by atoms with Crippen molar-refractivity contribution in [3.63, 3.8) is 0 Å². The Balaban J connectivity index is 1.37. The number of fused-ring (bicyclic) bond motifs is 3. The standard InChI is InChI=1S/C25H32FN5O3/c1-15-8-16-11-24(2,14-25(34,10-15)12-16)28-23(33)30-6-7-31-19(13-30)20(22(27)32)21(29-31)17-4-3-5-18(26)9-17/h3-5,9,15-16,34H,6-8,10-14H2,1-2H3,(H2,27,32)(H,28,33). The number of benzene rings is 1. The van der Waals surface area contributed by atoms with Gasteiger partial charge in [0.05, 0.1) is 29.9 Å². The minimum absolute atomic E-state index is 0.174. The van der Waals surface area contributed by atoms with E-state index in [9.17, 15) is 19.1 Å². The van der Waals surface area contributed by atoms with Gasteiger partial charge in [0.1, 0.15) is 11.5 Å². The molecule has 5 rings (SSSR count). The molecule has 4 unspecified atom stereocenters. The lowest BCUT2D eigenvalue weighted by atomic mass is 9.60. The molecule has 0 radical (unpaired) electrons. The zero-order valence-electron chi connectivity index (χ0n) is 19.7. The molecule has 2 aliphatic carbocycles. The highest BCUT2D eigenvalue weighted by molar-refractivity contribution is 6.00. The van der Waals surface area contributed by atoms with E-state index in [0.717, 1.165) is 25.7 Å². The van der Waals surface area contributed by atoms with Crippen LogP contribution in [0, 0.1) is 17.7 Å². The molecule has 9 heteroatoms. The van der Waals surface area contributed by atoms with Crippen LogP contribution in [0.3, 0.4) is 0 Å². The number of urea groups is 1. The average molecular weight is 470 g/mol. The number of hydrogen-bond acceptors (Lipinski definition) is 4. The first-order chi connectivity index (χ1) is 16.0. The maximum Gasteiger partial charge on any atom is 0.318 e. The van der Waals surface area contributed by atoms with Gasteiger partial charge in [-0.25, -0.2) is 9.18 Å². The van der Waals surface area contributed by atoms with Crippen molar-refractivity contribution in [2.45, 2.75) is 70.2 Å².